The zero-order valence-electron chi connectivity index (χ0n) is 12.5. The molecule has 0 amide bonds. The molecule has 110 valence electrons. The third kappa shape index (κ3) is 1.74. The summed E-state index contributed by atoms with van der Waals surface area (Å²) in [7, 11) is 0. The molecule has 0 spiro atoms. The summed E-state index contributed by atoms with van der Waals surface area (Å²) < 4.78 is 1.43. The average Bonchev–Trinajstić information content (AvgIpc) is 2.47. The second-order valence-electron chi connectivity index (χ2n) is 6.15. The van der Waals surface area contributed by atoms with Crippen molar-refractivity contribution in [3.05, 3.63) is 63.9 Å². The Morgan fingerprint density at radius 2 is 2.00 bits per heavy atom. The molecule has 1 atom stereocenters. The van der Waals surface area contributed by atoms with Crippen LogP contribution in [-0.2, 0) is 12.1 Å². The summed E-state index contributed by atoms with van der Waals surface area (Å²) in [4.78, 5) is 17.6. The van der Waals surface area contributed by atoms with E-state index in [1.165, 1.54) is 4.57 Å². The predicted octanol–water partition coefficient (Wildman–Crippen LogP) is 2.59. The fraction of sp³-hybridized carbons (Fsp3) is 0.222. The molecular formula is C18H16N2O2. The minimum Gasteiger partial charge on any atom is -0.370 e. The maximum absolute atomic E-state index is 12.9. The van der Waals surface area contributed by atoms with Gasteiger partial charge >= 0.3 is 0 Å². The van der Waals surface area contributed by atoms with Gasteiger partial charge in [-0.1, -0.05) is 35.9 Å². The van der Waals surface area contributed by atoms with Gasteiger partial charge in [-0.05, 0) is 31.5 Å². The van der Waals surface area contributed by atoms with Crippen molar-refractivity contribution in [2.24, 2.45) is 0 Å². The first-order valence-electron chi connectivity index (χ1n) is 7.32. The highest BCUT2D eigenvalue weighted by Crippen LogP contribution is 2.34. The molecule has 3 aromatic rings. The second-order valence-corrected chi connectivity index (χ2v) is 6.15. The molecule has 0 fully saturated rings. The summed E-state index contributed by atoms with van der Waals surface area (Å²) in [6, 6.07) is 13.4. The van der Waals surface area contributed by atoms with Crippen molar-refractivity contribution in [1.29, 1.82) is 0 Å². The molecule has 2 aromatic carbocycles. The molecule has 4 rings (SSSR count). The number of rotatable bonds is 0. The smallest absolute Gasteiger partial charge is 0.264 e. The van der Waals surface area contributed by atoms with Crippen LogP contribution in [0.4, 0.5) is 0 Å². The minimum atomic E-state index is -1.27. The molecule has 0 radical (unpaired) electrons. The molecule has 0 aliphatic carbocycles. The van der Waals surface area contributed by atoms with E-state index in [1.54, 1.807) is 6.92 Å². The molecule has 1 aromatic heterocycles. The Labute approximate surface area is 127 Å². The first-order chi connectivity index (χ1) is 10.5. The summed E-state index contributed by atoms with van der Waals surface area (Å²) in [6.45, 7) is 3.60. The van der Waals surface area contributed by atoms with Gasteiger partial charge in [0.1, 0.15) is 11.5 Å². The van der Waals surface area contributed by atoms with Gasteiger partial charge in [-0.15, -0.1) is 0 Å². The van der Waals surface area contributed by atoms with Gasteiger partial charge in [0.25, 0.3) is 5.56 Å². The van der Waals surface area contributed by atoms with Crippen LogP contribution in [0.25, 0.3) is 22.3 Å². The highest BCUT2D eigenvalue weighted by molar-refractivity contribution is 5.81. The lowest BCUT2D eigenvalue weighted by molar-refractivity contribution is -0.0225. The van der Waals surface area contributed by atoms with Gasteiger partial charge in [-0.2, -0.15) is 0 Å². The summed E-state index contributed by atoms with van der Waals surface area (Å²) in [5, 5.41) is 11.4. The number of hydrogen-bond donors (Lipinski definition) is 1. The van der Waals surface area contributed by atoms with Crippen LogP contribution < -0.4 is 5.56 Å². The SMILES string of the molecule is Cc1ccc2nc3n(c(=O)c2c1)C(C)(O)Cc1ccccc1-3. The van der Waals surface area contributed by atoms with Crippen LogP contribution in [0.2, 0.25) is 0 Å². The van der Waals surface area contributed by atoms with E-state index < -0.39 is 5.72 Å². The third-order valence-corrected chi connectivity index (χ3v) is 4.29. The first-order valence-corrected chi connectivity index (χ1v) is 7.32. The highest BCUT2D eigenvalue weighted by atomic mass is 16.3. The maximum atomic E-state index is 12.9. The number of nitrogens with zero attached hydrogens (tertiary/aromatic N) is 2. The molecule has 22 heavy (non-hydrogen) atoms. The standard InChI is InChI=1S/C18H16N2O2/c1-11-7-8-15-14(9-11)17(21)20-16(19-15)13-6-4-3-5-12(13)10-18(20,2)22/h3-9,22H,10H2,1-2H3. The molecule has 0 bridgehead atoms. The number of aromatic nitrogens is 2. The van der Waals surface area contributed by atoms with E-state index >= 15 is 0 Å². The van der Waals surface area contributed by atoms with E-state index in [0.717, 1.165) is 16.7 Å². The van der Waals surface area contributed by atoms with Gasteiger partial charge in [0.05, 0.1) is 10.9 Å². The van der Waals surface area contributed by atoms with Crippen LogP contribution in [0.3, 0.4) is 0 Å². The Bertz CT molecular complexity index is 970. The summed E-state index contributed by atoms with van der Waals surface area (Å²) >= 11 is 0. The van der Waals surface area contributed by atoms with Crippen LogP contribution in [0, 0.1) is 6.92 Å². The van der Waals surface area contributed by atoms with E-state index in [1.807, 2.05) is 49.4 Å². The molecule has 2 heterocycles. The number of aliphatic hydroxyl groups is 1. The van der Waals surface area contributed by atoms with E-state index in [9.17, 15) is 9.90 Å². The number of aryl methyl sites for hydroxylation is 1. The lowest BCUT2D eigenvalue weighted by Gasteiger charge is -2.34. The number of fused-ring (bicyclic) bond motifs is 4. The van der Waals surface area contributed by atoms with Crippen molar-refractivity contribution >= 4 is 10.9 Å². The van der Waals surface area contributed by atoms with E-state index in [-0.39, 0.29) is 5.56 Å². The van der Waals surface area contributed by atoms with Crippen molar-refractivity contribution in [3.8, 4) is 11.4 Å². The van der Waals surface area contributed by atoms with Crippen LogP contribution >= 0.6 is 0 Å². The van der Waals surface area contributed by atoms with Gasteiger partial charge in [-0.3, -0.25) is 9.36 Å². The molecule has 1 aliphatic rings. The van der Waals surface area contributed by atoms with E-state index in [4.69, 9.17) is 0 Å². The summed E-state index contributed by atoms with van der Waals surface area (Å²) in [5.74, 6) is 0.535. The Morgan fingerprint density at radius 3 is 2.82 bits per heavy atom. The average molecular weight is 292 g/mol. The monoisotopic (exact) mass is 292 g/mol. The van der Waals surface area contributed by atoms with Crippen LogP contribution in [-0.4, -0.2) is 14.7 Å². The van der Waals surface area contributed by atoms with Crippen molar-refractivity contribution in [1.82, 2.24) is 9.55 Å². The zero-order chi connectivity index (χ0) is 15.5. The van der Waals surface area contributed by atoms with Crippen molar-refractivity contribution in [3.63, 3.8) is 0 Å². The Hall–Kier alpha value is -2.46. The van der Waals surface area contributed by atoms with Gasteiger partial charge in [-0.25, -0.2) is 4.98 Å². The predicted molar refractivity (Wildman–Crippen MR) is 85.7 cm³/mol. The summed E-state index contributed by atoms with van der Waals surface area (Å²) in [6.07, 6.45) is 0.398. The largest absolute Gasteiger partial charge is 0.370 e. The van der Waals surface area contributed by atoms with Crippen LogP contribution in [0.1, 0.15) is 18.1 Å². The lowest BCUT2D eigenvalue weighted by atomic mass is 9.93. The van der Waals surface area contributed by atoms with Gasteiger partial charge < -0.3 is 5.11 Å². The van der Waals surface area contributed by atoms with Crippen molar-refractivity contribution in [2.45, 2.75) is 26.0 Å². The Kier molecular flexibility index (Phi) is 2.57. The maximum Gasteiger partial charge on any atom is 0.264 e. The number of hydrogen-bond acceptors (Lipinski definition) is 3. The first kappa shape index (κ1) is 13.2. The topological polar surface area (TPSA) is 55.1 Å². The summed E-state index contributed by atoms with van der Waals surface area (Å²) in [5.41, 5.74) is 2.12. The van der Waals surface area contributed by atoms with E-state index in [2.05, 4.69) is 4.98 Å². The van der Waals surface area contributed by atoms with Crippen LogP contribution in [0.5, 0.6) is 0 Å². The van der Waals surface area contributed by atoms with E-state index in [0.29, 0.717) is 23.1 Å². The van der Waals surface area contributed by atoms with Crippen molar-refractivity contribution in [2.75, 3.05) is 0 Å². The molecule has 1 unspecified atom stereocenters. The van der Waals surface area contributed by atoms with Crippen molar-refractivity contribution < 1.29 is 5.11 Å². The molecule has 4 heteroatoms. The fourth-order valence-corrected chi connectivity index (χ4v) is 3.26. The Morgan fingerprint density at radius 1 is 1.23 bits per heavy atom. The minimum absolute atomic E-state index is 0.191. The Balaban J connectivity index is 2.19. The highest BCUT2D eigenvalue weighted by Gasteiger charge is 2.34. The molecule has 0 saturated carbocycles. The normalized spacial score (nSPS) is 19.8. The lowest BCUT2D eigenvalue weighted by Crippen LogP contribution is -2.44. The molecule has 4 nitrogen and oxygen atoms in total. The van der Waals surface area contributed by atoms with Gasteiger partial charge in [0, 0.05) is 12.0 Å². The molecule has 1 aliphatic heterocycles. The third-order valence-electron chi connectivity index (χ3n) is 4.29. The molecule has 1 N–H and O–H groups in total. The van der Waals surface area contributed by atoms with Crippen LogP contribution in [0.15, 0.2) is 47.3 Å². The van der Waals surface area contributed by atoms with Gasteiger partial charge in [0.15, 0.2) is 0 Å². The fourth-order valence-electron chi connectivity index (χ4n) is 3.26. The second kappa shape index (κ2) is 4.27. The quantitative estimate of drug-likeness (QED) is 0.693. The molecule has 0 saturated heterocycles. The number of benzene rings is 2. The zero-order valence-corrected chi connectivity index (χ0v) is 12.5. The molecular weight excluding hydrogens is 276 g/mol. The van der Waals surface area contributed by atoms with Gasteiger partial charge in [0.2, 0.25) is 0 Å².